The number of carbonyl (C=O) groups excluding carboxylic acids is 3. The number of benzene rings is 3. The molecule has 1 aliphatic rings. The van der Waals surface area contributed by atoms with Gasteiger partial charge in [-0.2, -0.15) is 0 Å². The normalized spacial score (nSPS) is 14.0. The van der Waals surface area contributed by atoms with Crippen molar-refractivity contribution in [1.29, 1.82) is 0 Å². The predicted molar refractivity (Wildman–Crippen MR) is 163 cm³/mol. The molecule has 2 N–H and O–H groups in total. The molecule has 0 radical (unpaired) electrons. The number of aromatic nitrogens is 1. The van der Waals surface area contributed by atoms with Crippen LogP contribution in [0.25, 0.3) is 10.9 Å². The molecular weight excluding hydrogens is 526 g/mol. The second kappa shape index (κ2) is 12.2. The van der Waals surface area contributed by atoms with E-state index >= 15 is 0 Å². The van der Waals surface area contributed by atoms with Gasteiger partial charge in [0.15, 0.2) is 5.94 Å². The van der Waals surface area contributed by atoms with Gasteiger partial charge in [-0.1, -0.05) is 78.9 Å². The first kappa shape index (κ1) is 28.4. The molecule has 1 unspecified atom stereocenters. The summed E-state index contributed by atoms with van der Waals surface area (Å²) in [4.78, 5) is 44.7. The van der Waals surface area contributed by atoms with Crippen molar-refractivity contribution in [3.05, 3.63) is 137 Å². The predicted octanol–water partition coefficient (Wildman–Crippen LogP) is 5.80. The van der Waals surface area contributed by atoms with Crippen LogP contribution in [0.3, 0.4) is 0 Å². The van der Waals surface area contributed by atoms with Gasteiger partial charge in [0.1, 0.15) is 17.3 Å². The fourth-order valence-electron chi connectivity index (χ4n) is 5.14. The number of hydrogen-bond donors (Lipinski definition) is 2. The molecule has 0 saturated carbocycles. The Balaban J connectivity index is 1.45. The van der Waals surface area contributed by atoms with E-state index in [4.69, 9.17) is 4.74 Å². The van der Waals surface area contributed by atoms with E-state index in [1.54, 1.807) is 44.0 Å². The number of ether oxygens (including phenoxy) is 1. The summed E-state index contributed by atoms with van der Waals surface area (Å²) in [6.45, 7) is 5.34. The maximum Gasteiger partial charge on any atom is 0.329 e. The highest BCUT2D eigenvalue weighted by atomic mass is 16.6. The summed E-state index contributed by atoms with van der Waals surface area (Å²) in [5, 5.41) is 3.81. The fourth-order valence-corrected chi connectivity index (χ4v) is 5.14. The van der Waals surface area contributed by atoms with Crippen molar-refractivity contribution in [1.82, 2.24) is 15.2 Å². The molecular formula is C35H33N3O4. The Morgan fingerprint density at radius 2 is 1.55 bits per heavy atom. The Kier molecular flexibility index (Phi) is 8.23. The quantitative estimate of drug-likeness (QED) is 0.210. The molecule has 3 aromatic carbocycles. The molecule has 0 bridgehead atoms. The Morgan fingerprint density at radius 1 is 0.929 bits per heavy atom. The zero-order valence-corrected chi connectivity index (χ0v) is 23.8. The first-order valence-corrected chi connectivity index (χ1v) is 13.9. The lowest BCUT2D eigenvalue weighted by atomic mass is 9.94. The number of aromatic amines is 1. The summed E-state index contributed by atoms with van der Waals surface area (Å²) in [5.41, 5.74) is 3.09. The van der Waals surface area contributed by atoms with Gasteiger partial charge in [0, 0.05) is 29.7 Å². The number of nitrogens with zero attached hydrogens (tertiary/aromatic N) is 1. The lowest BCUT2D eigenvalue weighted by molar-refractivity contribution is -0.158. The van der Waals surface area contributed by atoms with Gasteiger partial charge in [-0.3, -0.25) is 4.79 Å². The fraction of sp³-hybridized carbons (Fsp3) is 0.200. The molecule has 0 aliphatic carbocycles. The van der Waals surface area contributed by atoms with Gasteiger partial charge >= 0.3 is 5.97 Å². The molecule has 0 saturated heterocycles. The average molecular weight is 560 g/mol. The van der Waals surface area contributed by atoms with Gasteiger partial charge in [-0.15, -0.1) is 0 Å². The van der Waals surface area contributed by atoms with Gasteiger partial charge in [0.2, 0.25) is 0 Å². The topological polar surface area (TPSA) is 91.5 Å². The van der Waals surface area contributed by atoms with Crippen LogP contribution in [0.2, 0.25) is 0 Å². The molecule has 5 rings (SSSR count). The van der Waals surface area contributed by atoms with Crippen molar-refractivity contribution in [2.24, 2.45) is 0 Å². The smallest absolute Gasteiger partial charge is 0.329 e. The summed E-state index contributed by atoms with van der Waals surface area (Å²) < 4.78 is 5.69. The van der Waals surface area contributed by atoms with Crippen molar-refractivity contribution in [3.8, 4) is 0 Å². The number of amides is 1. The third kappa shape index (κ3) is 6.27. The SMILES string of the molecule is CC(C)(C)OC(=O)C(Cc1c[nH]c2ccccc12)NC(=O)C1=CC=CN(C(c2ccccc2)c2ccccc2)C1=C=O. The standard InChI is InChI=1S/C35H33N3O4/c1-35(2,3)42-34(41)30(21-26-22-36-29-19-11-10-17-27(26)29)37-33(40)28-18-12-20-38(31(28)23-39)32(24-13-6-4-7-14-24)25-15-8-5-9-16-25/h4-20,22,30,32,36H,21H2,1-3H3,(H,37,40). The zero-order valence-electron chi connectivity index (χ0n) is 23.8. The van der Waals surface area contributed by atoms with E-state index in [9.17, 15) is 14.4 Å². The Hall–Kier alpha value is -5.13. The number of esters is 1. The number of rotatable bonds is 8. The van der Waals surface area contributed by atoms with Gasteiger partial charge in [0.05, 0.1) is 11.6 Å². The highest BCUT2D eigenvalue weighted by Gasteiger charge is 2.33. The molecule has 4 aromatic rings. The number of fused-ring (bicyclic) bond motifs is 1. The van der Waals surface area contributed by atoms with Crippen LogP contribution in [-0.4, -0.2) is 39.3 Å². The van der Waals surface area contributed by atoms with Crippen LogP contribution in [0.5, 0.6) is 0 Å². The summed E-state index contributed by atoms with van der Waals surface area (Å²) in [5.74, 6) is 0.873. The largest absolute Gasteiger partial charge is 0.458 e. The molecule has 1 amide bonds. The third-order valence-corrected chi connectivity index (χ3v) is 6.97. The first-order valence-electron chi connectivity index (χ1n) is 13.9. The van der Waals surface area contributed by atoms with Crippen molar-refractivity contribution in [2.75, 3.05) is 0 Å². The van der Waals surface area contributed by atoms with Crippen LogP contribution in [-0.2, 0) is 25.5 Å². The van der Waals surface area contributed by atoms with Crippen LogP contribution in [0, 0.1) is 0 Å². The van der Waals surface area contributed by atoms with Crippen molar-refractivity contribution in [2.45, 2.75) is 44.9 Å². The number of hydrogen-bond acceptors (Lipinski definition) is 5. The summed E-state index contributed by atoms with van der Waals surface area (Å²) in [6.07, 6.45) is 7.08. The average Bonchev–Trinajstić information content (AvgIpc) is 3.39. The van der Waals surface area contributed by atoms with Gasteiger partial charge in [-0.05, 0) is 55.7 Å². The Labute approximate surface area is 245 Å². The van der Waals surface area contributed by atoms with E-state index in [1.165, 1.54) is 0 Å². The molecule has 7 heteroatoms. The van der Waals surface area contributed by atoms with Crippen molar-refractivity contribution in [3.63, 3.8) is 0 Å². The lowest BCUT2D eigenvalue weighted by Crippen LogP contribution is -2.46. The van der Waals surface area contributed by atoms with Crippen LogP contribution >= 0.6 is 0 Å². The number of para-hydroxylation sites is 1. The van der Waals surface area contributed by atoms with Crippen LogP contribution in [0.15, 0.2) is 121 Å². The number of H-pyrrole nitrogens is 1. The number of allylic oxidation sites excluding steroid dienone is 2. The minimum absolute atomic E-state index is 0.0720. The number of nitrogens with one attached hydrogen (secondary N) is 2. The highest BCUT2D eigenvalue weighted by molar-refractivity contribution is 6.02. The van der Waals surface area contributed by atoms with Crippen LogP contribution < -0.4 is 5.32 Å². The Morgan fingerprint density at radius 3 is 2.17 bits per heavy atom. The number of carbonyl (C=O) groups is 2. The summed E-state index contributed by atoms with van der Waals surface area (Å²) in [7, 11) is 0. The van der Waals surface area contributed by atoms with Gasteiger partial charge < -0.3 is 19.9 Å². The van der Waals surface area contributed by atoms with E-state index in [1.807, 2.05) is 97.1 Å². The minimum Gasteiger partial charge on any atom is -0.458 e. The maximum atomic E-state index is 13.8. The monoisotopic (exact) mass is 559 g/mol. The molecule has 0 spiro atoms. The molecule has 1 aromatic heterocycles. The molecule has 1 atom stereocenters. The Bertz CT molecular complexity index is 1650. The zero-order chi connectivity index (χ0) is 29.7. The van der Waals surface area contributed by atoms with E-state index in [0.717, 1.165) is 27.6 Å². The van der Waals surface area contributed by atoms with Gasteiger partial charge in [-0.25, -0.2) is 9.59 Å². The molecule has 7 nitrogen and oxygen atoms in total. The maximum absolute atomic E-state index is 13.8. The molecule has 1 aliphatic heterocycles. The second-order valence-electron chi connectivity index (χ2n) is 11.1. The summed E-state index contributed by atoms with van der Waals surface area (Å²) in [6, 6.07) is 25.9. The van der Waals surface area contributed by atoms with E-state index in [2.05, 4.69) is 10.3 Å². The molecule has 42 heavy (non-hydrogen) atoms. The third-order valence-electron chi connectivity index (χ3n) is 6.97. The second-order valence-corrected chi connectivity index (χ2v) is 11.1. The minimum atomic E-state index is -0.997. The summed E-state index contributed by atoms with van der Waals surface area (Å²) >= 11 is 0. The van der Waals surface area contributed by atoms with E-state index in [0.29, 0.717) is 0 Å². The van der Waals surface area contributed by atoms with Crippen LogP contribution in [0.1, 0.15) is 43.5 Å². The lowest BCUT2D eigenvalue weighted by Gasteiger charge is -2.34. The van der Waals surface area contributed by atoms with Crippen LogP contribution in [0.4, 0.5) is 0 Å². The van der Waals surface area contributed by atoms with E-state index < -0.39 is 23.5 Å². The highest BCUT2D eigenvalue weighted by Crippen LogP contribution is 2.35. The van der Waals surface area contributed by atoms with Crippen molar-refractivity contribution < 1.29 is 19.1 Å². The van der Waals surface area contributed by atoms with Gasteiger partial charge in [0.25, 0.3) is 5.91 Å². The molecule has 0 fully saturated rings. The molecule has 212 valence electrons. The van der Waals surface area contributed by atoms with Crippen molar-refractivity contribution >= 4 is 28.7 Å². The first-order chi connectivity index (χ1) is 20.2. The van der Waals surface area contributed by atoms with E-state index in [-0.39, 0.29) is 23.7 Å². The molecule has 2 heterocycles.